The van der Waals surface area contributed by atoms with E-state index in [2.05, 4.69) is 26.1 Å². The van der Waals surface area contributed by atoms with E-state index in [-0.39, 0.29) is 36.7 Å². The van der Waals surface area contributed by atoms with Crippen LogP contribution in [0.2, 0.25) is 0 Å². The van der Waals surface area contributed by atoms with Crippen molar-refractivity contribution in [1.29, 1.82) is 0 Å². The Labute approximate surface area is 140 Å². The molecule has 1 atom stereocenters. The van der Waals surface area contributed by atoms with Crippen molar-refractivity contribution in [2.75, 3.05) is 26.2 Å². The fraction of sp³-hybridized carbons (Fsp3) is 0.571. The molecule has 0 radical (unpaired) electrons. The summed E-state index contributed by atoms with van der Waals surface area (Å²) in [7, 11) is 0. The molecule has 2 fully saturated rings. The average Bonchev–Trinajstić information content (AvgIpc) is 3.18. The van der Waals surface area contributed by atoms with Crippen LogP contribution in [-0.2, 0) is 0 Å². The van der Waals surface area contributed by atoms with Crippen LogP contribution in [0.1, 0.15) is 24.4 Å². The van der Waals surface area contributed by atoms with Gasteiger partial charge in [0.15, 0.2) is 0 Å². The molecule has 0 aromatic heterocycles. The first-order valence-electron chi connectivity index (χ1n) is 6.65. The van der Waals surface area contributed by atoms with Gasteiger partial charge in [-0.25, -0.2) is 4.39 Å². The first-order chi connectivity index (χ1) is 8.75. The third-order valence-electron chi connectivity index (χ3n) is 3.89. The quantitative estimate of drug-likeness (QED) is 0.851. The maximum atomic E-state index is 14.2. The molecule has 20 heavy (non-hydrogen) atoms. The van der Waals surface area contributed by atoms with Crippen LogP contribution in [0.25, 0.3) is 0 Å². The van der Waals surface area contributed by atoms with Crippen molar-refractivity contribution < 1.29 is 4.39 Å². The highest BCUT2D eigenvalue weighted by atomic mass is 79.9. The van der Waals surface area contributed by atoms with Gasteiger partial charge in [0, 0.05) is 42.3 Å². The van der Waals surface area contributed by atoms with Crippen LogP contribution in [0.15, 0.2) is 22.7 Å². The SMILES string of the molecule is Cl.Cl.Fc1cc(Br)ccc1[C@@H](C1CC1)N1CCNCC1. The van der Waals surface area contributed by atoms with E-state index in [1.54, 1.807) is 6.07 Å². The maximum Gasteiger partial charge on any atom is 0.129 e. The first kappa shape index (κ1) is 18.2. The van der Waals surface area contributed by atoms with E-state index in [4.69, 9.17) is 0 Å². The lowest BCUT2D eigenvalue weighted by molar-refractivity contribution is 0.153. The van der Waals surface area contributed by atoms with E-state index in [9.17, 15) is 4.39 Å². The molecular formula is C14H20BrCl2FN2. The number of nitrogens with one attached hydrogen (secondary N) is 1. The molecule has 1 N–H and O–H groups in total. The van der Waals surface area contributed by atoms with Gasteiger partial charge in [0.25, 0.3) is 0 Å². The van der Waals surface area contributed by atoms with E-state index in [1.165, 1.54) is 12.8 Å². The molecule has 2 nitrogen and oxygen atoms in total. The predicted octanol–water partition coefficient (Wildman–Crippen LogP) is 3.79. The van der Waals surface area contributed by atoms with Crippen molar-refractivity contribution >= 4 is 40.7 Å². The fourth-order valence-corrected chi connectivity index (χ4v) is 3.20. The minimum Gasteiger partial charge on any atom is -0.314 e. The molecule has 6 heteroatoms. The molecule has 1 saturated carbocycles. The average molecular weight is 386 g/mol. The van der Waals surface area contributed by atoms with Gasteiger partial charge in [-0.15, -0.1) is 24.8 Å². The van der Waals surface area contributed by atoms with E-state index in [0.717, 1.165) is 36.2 Å². The van der Waals surface area contributed by atoms with Crippen molar-refractivity contribution in [1.82, 2.24) is 10.2 Å². The number of benzene rings is 1. The number of piperazine rings is 1. The maximum absolute atomic E-state index is 14.2. The normalized spacial score (nSPS) is 20.7. The van der Waals surface area contributed by atoms with Gasteiger partial charge in [-0.3, -0.25) is 4.90 Å². The second-order valence-electron chi connectivity index (χ2n) is 5.23. The van der Waals surface area contributed by atoms with Gasteiger partial charge in [0.05, 0.1) is 0 Å². The molecule has 0 spiro atoms. The largest absolute Gasteiger partial charge is 0.314 e. The summed E-state index contributed by atoms with van der Waals surface area (Å²) in [6.07, 6.45) is 2.48. The number of hydrogen-bond acceptors (Lipinski definition) is 2. The van der Waals surface area contributed by atoms with Crippen LogP contribution in [0.5, 0.6) is 0 Å². The molecule has 1 aromatic rings. The van der Waals surface area contributed by atoms with Crippen LogP contribution >= 0.6 is 40.7 Å². The molecule has 0 bridgehead atoms. The van der Waals surface area contributed by atoms with Crippen molar-refractivity contribution in [3.63, 3.8) is 0 Å². The molecule has 3 rings (SSSR count). The lowest BCUT2D eigenvalue weighted by Crippen LogP contribution is -2.45. The van der Waals surface area contributed by atoms with Crippen LogP contribution in [0.3, 0.4) is 0 Å². The highest BCUT2D eigenvalue weighted by molar-refractivity contribution is 9.10. The van der Waals surface area contributed by atoms with Gasteiger partial charge in [-0.1, -0.05) is 22.0 Å². The number of nitrogens with zero attached hydrogens (tertiary/aromatic N) is 1. The minimum atomic E-state index is -0.0696. The van der Waals surface area contributed by atoms with Gasteiger partial charge in [-0.05, 0) is 30.9 Å². The summed E-state index contributed by atoms with van der Waals surface area (Å²) in [5.41, 5.74) is 0.877. The van der Waals surface area contributed by atoms with Crippen molar-refractivity contribution in [3.05, 3.63) is 34.1 Å². The Morgan fingerprint density at radius 3 is 2.40 bits per heavy atom. The summed E-state index contributed by atoms with van der Waals surface area (Å²) < 4.78 is 15.0. The van der Waals surface area contributed by atoms with Crippen molar-refractivity contribution in [3.8, 4) is 0 Å². The topological polar surface area (TPSA) is 15.3 Å². The van der Waals surface area contributed by atoms with Crippen LogP contribution in [0, 0.1) is 11.7 Å². The molecule has 2 aliphatic rings. The number of rotatable bonds is 3. The van der Waals surface area contributed by atoms with Gasteiger partial charge < -0.3 is 5.32 Å². The predicted molar refractivity (Wildman–Crippen MR) is 88.5 cm³/mol. The zero-order chi connectivity index (χ0) is 12.5. The fourth-order valence-electron chi connectivity index (χ4n) is 2.86. The van der Waals surface area contributed by atoms with Crippen molar-refractivity contribution in [2.45, 2.75) is 18.9 Å². The highest BCUT2D eigenvalue weighted by Gasteiger charge is 2.37. The molecule has 114 valence electrons. The monoisotopic (exact) mass is 384 g/mol. The minimum absolute atomic E-state index is 0. The summed E-state index contributed by atoms with van der Waals surface area (Å²) in [5, 5.41) is 3.36. The van der Waals surface area contributed by atoms with Crippen LogP contribution in [-0.4, -0.2) is 31.1 Å². The molecule has 1 saturated heterocycles. The summed E-state index contributed by atoms with van der Waals surface area (Å²) in [5.74, 6) is 0.582. The second kappa shape index (κ2) is 7.95. The van der Waals surface area contributed by atoms with E-state index in [0.29, 0.717) is 5.92 Å². The Balaban J connectivity index is 0.000001000. The summed E-state index contributed by atoms with van der Waals surface area (Å²) in [6, 6.07) is 5.77. The Bertz CT molecular complexity index is 437. The van der Waals surface area contributed by atoms with Crippen LogP contribution in [0.4, 0.5) is 4.39 Å². The lowest BCUT2D eigenvalue weighted by atomic mass is 9.99. The molecule has 0 unspecified atom stereocenters. The molecule has 1 aromatic carbocycles. The second-order valence-corrected chi connectivity index (χ2v) is 6.15. The van der Waals surface area contributed by atoms with Gasteiger partial charge in [0.2, 0.25) is 0 Å². The standard InChI is InChI=1S/C14H18BrFN2.2ClH/c15-11-3-4-12(13(16)9-11)14(10-1-2-10)18-7-5-17-6-8-18;;/h3-4,9-10,14,17H,1-2,5-8H2;2*1H/t14-;;/m1../s1. The number of halogens is 4. The highest BCUT2D eigenvalue weighted by Crippen LogP contribution is 2.45. The first-order valence-corrected chi connectivity index (χ1v) is 7.45. The molecule has 1 aliphatic carbocycles. The molecule has 1 aliphatic heterocycles. The van der Waals surface area contributed by atoms with E-state index < -0.39 is 0 Å². The molecule has 0 amide bonds. The molecule has 1 heterocycles. The Morgan fingerprint density at radius 2 is 1.85 bits per heavy atom. The smallest absolute Gasteiger partial charge is 0.129 e. The zero-order valence-corrected chi connectivity index (χ0v) is 14.4. The van der Waals surface area contributed by atoms with Gasteiger partial charge in [-0.2, -0.15) is 0 Å². The van der Waals surface area contributed by atoms with Gasteiger partial charge >= 0.3 is 0 Å². The molecular weight excluding hydrogens is 366 g/mol. The third kappa shape index (κ3) is 4.08. The third-order valence-corrected chi connectivity index (χ3v) is 4.39. The summed E-state index contributed by atoms with van der Waals surface area (Å²) >= 11 is 3.33. The van der Waals surface area contributed by atoms with Crippen molar-refractivity contribution in [2.24, 2.45) is 5.92 Å². The summed E-state index contributed by atoms with van der Waals surface area (Å²) in [6.45, 7) is 4.08. The Kier molecular flexibility index (Phi) is 7.22. The number of hydrogen-bond donors (Lipinski definition) is 1. The Hall–Kier alpha value is 0.130. The van der Waals surface area contributed by atoms with Gasteiger partial charge in [0.1, 0.15) is 5.82 Å². The van der Waals surface area contributed by atoms with Crippen LogP contribution < -0.4 is 5.32 Å². The Morgan fingerprint density at radius 1 is 1.20 bits per heavy atom. The lowest BCUT2D eigenvalue weighted by Gasteiger charge is -2.35. The van der Waals surface area contributed by atoms with E-state index >= 15 is 0 Å². The zero-order valence-electron chi connectivity index (χ0n) is 11.1. The summed E-state index contributed by atoms with van der Waals surface area (Å²) in [4.78, 5) is 2.44. The van der Waals surface area contributed by atoms with E-state index in [1.807, 2.05) is 12.1 Å².